The molecule has 2 bridgehead atoms. The van der Waals surface area contributed by atoms with Crippen LogP contribution in [0.15, 0.2) is 36.7 Å². The smallest absolute Gasteiger partial charge is 0.123 e. The SMILES string of the molecule is Cc1ccc(-c2ccc(-c3cn(C4CN5CCC4CC5)nn3)s2)cn1. The molecule has 3 aliphatic rings. The summed E-state index contributed by atoms with van der Waals surface area (Å²) in [5.41, 5.74) is 3.18. The third kappa shape index (κ3) is 2.79. The van der Waals surface area contributed by atoms with Gasteiger partial charge in [0.15, 0.2) is 0 Å². The molecule has 1 unspecified atom stereocenters. The van der Waals surface area contributed by atoms with Crippen molar-refractivity contribution in [2.75, 3.05) is 19.6 Å². The molecule has 0 aromatic carbocycles. The van der Waals surface area contributed by atoms with Crippen LogP contribution in [0.5, 0.6) is 0 Å². The van der Waals surface area contributed by atoms with Gasteiger partial charge in [0.1, 0.15) is 5.69 Å². The quantitative estimate of drug-likeness (QED) is 0.723. The molecule has 128 valence electrons. The second-order valence-corrected chi connectivity index (χ2v) is 8.23. The molecule has 0 N–H and O–H groups in total. The summed E-state index contributed by atoms with van der Waals surface area (Å²) in [6, 6.07) is 8.97. The van der Waals surface area contributed by atoms with E-state index in [-0.39, 0.29) is 0 Å². The summed E-state index contributed by atoms with van der Waals surface area (Å²) in [4.78, 5) is 9.34. The Bertz CT molecular complexity index is 873. The molecule has 3 aromatic heterocycles. The predicted molar refractivity (Wildman–Crippen MR) is 99.5 cm³/mol. The van der Waals surface area contributed by atoms with Crippen LogP contribution in [0.1, 0.15) is 24.6 Å². The molecule has 0 aliphatic carbocycles. The highest BCUT2D eigenvalue weighted by Gasteiger charge is 2.35. The normalized spacial score (nSPS) is 25.4. The number of fused-ring (bicyclic) bond motifs is 3. The molecule has 0 spiro atoms. The molecule has 6 heteroatoms. The molecule has 3 aliphatic heterocycles. The fourth-order valence-corrected chi connectivity index (χ4v) is 4.98. The summed E-state index contributed by atoms with van der Waals surface area (Å²) >= 11 is 1.75. The number of hydrogen-bond acceptors (Lipinski definition) is 5. The van der Waals surface area contributed by atoms with E-state index < -0.39 is 0 Å². The van der Waals surface area contributed by atoms with Crippen LogP contribution in [0.3, 0.4) is 0 Å². The zero-order chi connectivity index (χ0) is 16.8. The lowest BCUT2D eigenvalue weighted by atomic mass is 9.84. The van der Waals surface area contributed by atoms with Gasteiger partial charge in [0.25, 0.3) is 0 Å². The molecule has 25 heavy (non-hydrogen) atoms. The van der Waals surface area contributed by atoms with E-state index in [4.69, 9.17) is 0 Å². The highest BCUT2D eigenvalue weighted by Crippen LogP contribution is 2.37. The zero-order valence-electron chi connectivity index (χ0n) is 14.3. The lowest BCUT2D eigenvalue weighted by molar-refractivity contribution is 0.0504. The Labute approximate surface area is 151 Å². The topological polar surface area (TPSA) is 46.8 Å². The Morgan fingerprint density at radius 2 is 1.92 bits per heavy atom. The Kier molecular flexibility index (Phi) is 3.68. The second-order valence-electron chi connectivity index (χ2n) is 7.14. The van der Waals surface area contributed by atoms with E-state index in [0.717, 1.165) is 29.4 Å². The fraction of sp³-hybridized carbons (Fsp3) is 0.421. The maximum atomic E-state index is 4.46. The molecule has 0 amide bonds. The van der Waals surface area contributed by atoms with E-state index >= 15 is 0 Å². The van der Waals surface area contributed by atoms with Crippen molar-refractivity contribution in [2.24, 2.45) is 5.92 Å². The van der Waals surface area contributed by atoms with E-state index in [9.17, 15) is 0 Å². The molecule has 3 fully saturated rings. The number of rotatable bonds is 3. The second kappa shape index (κ2) is 6.04. The number of piperidine rings is 3. The predicted octanol–water partition coefficient (Wildman–Crippen LogP) is 3.64. The molecule has 0 saturated carbocycles. The van der Waals surface area contributed by atoms with Crippen molar-refractivity contribution in [3.8, 4) is 21.0 Å². The van der Waals surface area contributed by atoms with Crippen LogP contribution in [0.2, 0.25) is 0 Å². The molecule has 6 rings (SSSR count). The Morgan fingerprint density at radius 1 is 1.08 bits per heavy atom. The van der Waals surface area contributed by atoms with Crippen molar-refractivity contribution < 1.29 is 0 Å². The zero-order valence-corrected chi connectivity index (χ0v) is 15.1. The van der Waals surface area contributed by atoms with Gasteiger partial charge in [-0.05, 0) is 57.0 Å². The monoisotopic (exact) mass is 351 g/mol. The molecular formula is C19H21N5S. The standard InChI is InChI=1S/C19H21N5S/c1-13-2-3-15(10-20-13)18-4-5-19(25-18)16-11-24(22-21-16)17-12-23-8-6-14(17)7-9-23/h2-5,10-11,14,17H,6-9,12H2,1H3. The van der Waals surface area contributed by atoms with Gasteiger partial charge < -0.3 is 4.90 Å². The molecule has 0 radical (unpaired) electrons. The molecule has 1 atom stereocenters. The van der Waals surface area contributed by atoms with Crippen molar-refractivity contribution in [1.82, 2.24) is 24.9 Å². The van der Waals surface area contributed by atoms with Crippen molar-refractivity contribution in [1.29, 1.82) is 0 Å². The summed E-state index contributed by atoms with van der Waals surface area (Å²) in [5.74, 6) is 0.761. The number of thiophene rings is 1. The summed E-state index contributed by atoms with van der Waals surface area (Å²) in [6.45, 7) is 5.64. The first-order valence-electron chi connectivity index (χ1n) is 8.94. The van der Waals surface area contributed by atoms with Crippen molar-refractivity contribution >= 4 is 11.3 Å². The minimum atomic E-state index is 0.490. The van der Waals surface area contributed by atoms with Gasteiger partial charge in [-0.15, -0.1) is 16.4 Å². The van der Waals surface area contributed by atoms with Crippen LogP contribution in [0, 0.1) is 12.8 Å². The summed E-state index contributed by atoms with van der Waals surface area (Å²) < 4.78 is 2.11. The lowest BCUT2D eigenvalue weighted by Gasteiger charge is -2.44. The summed E-state index contributed by atoms with van der Waals surface area (Å²) in [5, 5.41) is 8.92. The first kappa shape index (κ1) is 15.2. The van der Waals surface area contributed by atoms with Crippen LogP contribution >= 0.6 is 11.3 Å². The van der Waals surface area contributed by atoms with Gasteiger partial charge in [-0.3, -0.25) is 4.98 Å². The lowest BCUT2D eigenvalue weighted by Crippen LogP contribution is -2.48. The Balaban J connectivity index is 1.40. The van der Waals surface area contributed by atoms with E-state index in [2.05, 4.69) is 55.3 Å². The van der Waals surface area contributed by atoms with Crippen molar-refractivity contribution in [3.05, 3.63) is 42.4 Å². The fourth-order valence-electron chi connectivity index (χ4n) is 4.03. The maximum absolute atomic E-state index is 4.46. The van der Waals surface area contributed by atoms with Crippen molar-refractivity contribution in [3.63, 3.8) is 0 Å². The van der Waals surface area contributed by atoms with Gasteiger partial charge >= 0.3 is 0 Å². The molecule has 3 saturated heterocycles. The molecule has 5 nitrogen and oxygen atoms in total. The van der Waals surface area contributed by atoms with Crippen LogP contribution in [0.25, 0.3) is 21.0 Å². The van der Waals surface area contributed by atoms with Gasteiger partial charge in [-0.2, -0.15) is 0 Å². The number of nitrogens with zero attached hydrogens (tertiary/aromatic N) is 5. The summed E-state index contributed by atoms with van der Waals surface area (Å²) in [6.07, 6.45) is 6.66. The van der Waals surface area contributed by atoms with Crippen LogP contribution in [-0.4, -0.2) is 44.5 Å². The summed E-state index contributed by atoms with van der Waals surface area (Å²) in [7, 11) is 0. The minimum absolute atomic E-state index is 0.490. The maximum Gasteiger partial charge on any atom is 0.123 e. The van der Waals surface area contributed by atoms with Gasteiger partial charge in [0, 0.05) is 28.9 Å². The Hall–Kier alpha value is -2.05. The molecule has 3 aromatic rings. The van der Waals surface area contributed by atoms with E-state index in [1.807, 2.05) is 13.1 Å². The number of pyridine rings is 1. The average Bonchev–Trinajstić information content (AvgIpc) is 3.33. The van der Waals surface area contributed by atoms with Crippen molar-refractivity contribution in [2.45, 2.75) is 25.8 Å². The number of aromatic nitrogens is 4. The number of hydrogen-bond donors (Lipinski definition) is 0. The van der Waals surface area contributed by atoms with Gasteiger partial charge in [-0.1, -0.05) is 11.3 Å². The van der Waals surface area contributed by atoms with Gasteiger partial charge in [0.05, 0.1) is 17.1 Å². The third-order valence-electron chi connectivity index (χ3n) is 5.53. The molecule has 6 heterocycles. The van der Waals surface area contributed by atoms with E-state index in [1.165, 1.54) is 35.7 Å². The van der Waals surface area contributed by atoms with Crippen LogP contribution < -0.4 is 0 Å². The van der Waals surface area contributed by atoms with Crippen LogP contribution in [0.4, 0.5) is 0 Å². The van der Waals surface area contributed by atoms with E-state index in [0.29, 0.717) is 6.04 Å². The highest BCUT2D eigenvalue weighted by molar-refractivity contribution is 7.18. The van der Waals surface area contributed by atoms with E-state index in [1.54, 1.807) is 11.3 Å². The largest absolute Gasteiger partial charge is 0.301 e. The van der Waals surface area contributed by atoms with Gasteiger partial charge in [-0.25, -0.2) is 4.68 Å². The average molecular weight is 351 g/mol. The minimum Gasteiger partial charge on any atom is -0.301 e. The molecular weight excluding hydrogens is 330 g/mol. The first-order valence-corrected chi connectivity index (χ1v) is 9.75. The Morgan fingerprint density at radius 3 is 2.64 bits per heavy atom. The number of aryl methyl sites for hydroxylation is 1. The first-order chi connectivity index (χ1) is 12.3. The third-order valence-corrected chi connectivity index (χ3v) is 6.68. The highest BCUT2D eigenvalue weighted by atomic mass is 32.1. The van der Waals surface area contributed by atoms with Gasteiger partial charge in [0.2, 0.25) is 0 Å². The van der Waals surface area contributed by atoms with Crippen LogP contribution in [-0.2, 0) is 0 Å².